The van der Waals surface area contributed by atoms with Crippen molar-refractivity contribution in [1.82, 2.24) is 10.4 Å². The topological polar surface area (TPSA) is 77.8 Å². The molecular formula is C9H9F3N4OS. The van der Waals surface area contributed by atoms with E-state index < -0.39 is 22.7 Å². The molecule has 1 amide bonds. The number of alkyl halides is 3. The molecule has 0 unspecified atom stereocenters. The van der Waals surface area contributed by atoms with Gasteiger partial charge >= 0.3 is 6.18 Å². The second-order valence-corrected chi connectivity index (χ2v) is 4.57. The quantitative estimate of drug-likeness (QED) is 0.830. The summed E-state index contributed by atoms with van der Waals surface area (Å²) in [4.78, 5) is 13.9. The van der Waals surface area contributed by atoms with Crippen LogP contribution in [0.4, 0.5) is 18.3 Å². The number of hydrazine groups is 1. The number of anilines is 1. The number of hydrogen-bond acceptors (Lipinski definition) is 5. The summed E-state index contributed by atoms with van der Waals surface area (Å²) in [6, 6.07) is 1.42. The van der Waals surface area contributed by atoms with Crippen LogP contribution in [0.3, 0.4) is 0 Å². The molecular weight excluding hydrogens is 269 g/mol. The number of hydrogen-bond donors (Lipinski definition) is 2. The minimum Gasteiger partial charge on any atom is -0.273 e. The molecule has 1 aromatic heterocycles. The van der Waals surface area contributed by atoms with Gasteiger partial charge in [-0.05, 0) is 0 Å². The molecule has 1 aromatic rings. The highest BCUT2D eigenvalue weighted by Crippen LogP contribution is 2.35. The van der Waals surface area contributed by atoms with Gasteiger partial charge in [-0.1, -0.05) is 25.2 Å². The Morgan fingerprint density at radius 1 is 1.50 bits per heavy atom. The summed E-state index contributed by atoms with van der Waals surface area (Å²) in [5.41, 5.74) is 3.19. The van der Waals surface area contributed by atoms with Gasteiger partial charge in [0.2, 0.25) is 11.0 Å². The number of nitriles is 1. The first kappa shape index (κ1) is 14.2. The lowest BCUT2D eigenvalue weighted by Gasteiger charge is -2.07. The highest BCUT2D eigenvalue weighted by atomic mass is 32.1. The molecule has 98 valence electrons. The van der Waals surface area contributed by atoms with E-state index in [0.29, 0.717) is 11.3 Å². The van der Waals surface area contributed by atoms with Gasteiger partial charge in [0.05, 0.1) is 0 Å². The third kappa shape index (κ3) is 3.33. The fraction of sp³-hybridized carbons (Fsp3) is 0.444. The van der Waals surface area contributed by atoms with Crippen LogP contribution >= 0.6 is 11.3 Å². The Hall–Kier alpha value is -1.82. The van der Waals surface area contributed by atoms with Crippen LogP contribution < -0.4 is 10.9 Å². The Morgan fingerprint density at radius 2 is 2.11 bits per heavy atom. The van der Waals surface area contributed by atoms with E-state index in [2.05, 4.69) is 15.8 Å². The van der Waals surface area contributed by atoms with Crippen LogP contribution in [-0.2, 0) is 11.0 Å². The number of aromatic nitrogens is 1. The van der Waals surface area contributed by atoms with Crippen molar-refractivity contribution in [2.75, 3.05) is 5.43 Å². The molecule has 1 rings (SSSR count). The molecule has 0 aliphatic rings. The maximum Gasteiger partial charge on any atom is 0.435 e. The predicted molar refractivity (Wildman–Crippen MR) is 58.4 cm³/mol. The first-order valence-corrected chi connectivity index (χ1v) is 5.61. The molecule has 9 heteroatoms. The SMILES string of the molecule is CC(C)C(=O)NNc1nc(C(F)(F)F)c(C#N)s1. The van der Waals surface area contributed by atoms with Crippen molar-refractivity contribution >= 4 is 22.4 Å². The molecule has 1 heterocycles. The van der Waals surface area contributed by atoms with E-state index in [1.165, 1.54) is 6.07 Å². The summed E-state index contributed by atoms with van der Waals surface area (Å²) in [5.74, 6) is -0.716. The van der Waals surface area contributed by atoms with Gasteiger partial charge in [0.15, 0.2) is 5.69 Å². The second kappa shape index (κ2) is 5.22. The zero-order chi connectivity index (χ0) is 13.9. The van der Waals surface area contributed by atoms with E-state index in [9.17, 15) is 18.0 Å². The summed E-state index contributed by atoms with van der Waals surface area (Å²) < 4.78 is 37.4. The van der Waals surface area contributed by atoms with Crippen LogP contribution in [0.5, 0.6) is 0 Å². The van der Waals surface area contributed by atoms with Gasteiger partial charge in [-0.15, -0.1) is 0 Å². The lowest BCUT2D eigenvalue weighted by molar-refractivity contribution is -0.140. The van der Waals surface area contributed by atoms with Crippen molar-refractivity contribution in [3.63, 3.8) is 0 Å². The first-order valence-electron chi connectivity index (χ1n) is 4.79. The highest BCUT2D eigenvalue weighted by Gasteiger charge is 2.37. The smallest absolute Gasteiger partial charge is 0.273 e. The highest BCUT2D eigenvalue weighted by molar-refractivity contribution is 7.16. The van der Waals surface area contributed by atoms with E-state index in [4.69, 9.17) is 5.26 Å². The molecule has 18 heavy (non-hydrogen) atoms. The number of rotatable bonds is 3. The number of nitrogens with one attached hydrogen (secondary N) is 2. The average Bonchev–Trinajstić information content (AvgIpc) is 2.68. The van der Waals surface area contributed by atoms with Crippen molar-refractivity contribution in [3.05, 3.63) is 10.6 Å². The third-order valence-electron chi connectivity index (χ3n) is 1.81. The molecule has 0 atom stereocenters. The Morgan fingerprint density at radius 3 is 2.50 bits per heavy atom. The summed E-state index contributed by atoms with van der Waals surface area (Å²) in [5, 5.41) is 8.38. The Balaban J connectivity index is 2.84. The minimum absolute atomic E-state index is 0.187. The molecule has 0 aromatic carbocycles. The van der Waals surface area contributed by atoms with E-state index in [-0.39, 0.29) is 11.0 Å². The van der Waals surface area contributed by atoms with Gasteiger partial charge in [-0.25, -0.2) is 4.98 Å². The van der Waals surface area contributed by atoms with Crippen LogP contribution in [0.2, 0.25) is 0 Å². The number of carbonyl (C=O) groups excluding carboxylic acids is 1. The molecule has 0 saturated heterocycles. The van der Waals surface area contributed by atoms with Crippen LogP contribution in [0.1, 0.15) is 24.4 Å². The number of nitrogens with zero attached hydrogens (tertiary/aromatic N) is 2. The standard InChI is InChI=1S/C9H9F3N4OS/c1-4(2)7(17)15-16-8-14-6(9(10,11)12)5(3-13)18-8/h4H,1-2H3,(H,14,16)(H,15,17). The minimum atomic E-state index is -4.69. The number of amides is 1. The van der Waals surface area contributed by atoms with Crippen LogP contribution in [0, 0.1) is 17.2 Å². The van der Waals surface area contributed by atoms with Gasteiger partial charge in [0, 0.05) is 5.92 Å². The number of carbonyl (C=O) groups is 1. The molecule has 0 fully saturated rings. The van der Waals surface area contributed by atoms with Crippen LogP contribution in [0.15, 0.2) is 0 Å². The van der Waals surface area contributed by atoms with Gasteiger partial charge in [-0.2, -0.15) is 18.4 Å². The fourth-order valence-electron chi connectivity index (χ4n) is 0.901. The molecule has 0 saturated carbocycles. The predicted octanol–water partition coefficient (Wildman–Crippen LogP) is 2.13. The van der Waals surface area contributed by atoms with Gasteiger partial charge in [0.1, 0.15) is 10.9 Å². The molecule has 2 N–H and O–H groups in total. The lowest BCUT2D eigenvalue weighted by Crippen LogP contribution is -2.32. The average molecular weight is 278 g/mol. The zero-order valence-electron chi connectivity index (χ0n) is 9.42. The molecule has 0 spiro atoms. The van der Waals surface area contributed by atoms with Gasteiger partial charge in [-0.3, -0.25) is 15.6 Å². The lowest BCUT2D eigenvalue weighted by atomic mass is 10.2. The van der Waals surface area contributed by atoms with E-state index in [0.717, 1.165) is 0 Å². The van der Waals surface area contributed by atoms with Crippen molar-refractivity contribution in [2.24, 2.45) is 5.92 Å². The monoisotopic (exact) mass is 278 g/mol. The molecule has 0 bridgehead atoms. The van der Waals surface area contributed by atoms with Crippen molar-refractivity contribution in [1.29, 1.82) is 5.26 Å². The van der Waals surface area contributed by atoms with E-state index in [1.807, 2.05) is 0 Å². The van der Waals surface area contributed by atoms with Crippen molar-refractivity contribution in [2.45, 2.75) is 20.0 Å². The Bertz CT molecular complexity index is 489. The van der Waals surface area contributed by atoms with Crippen molar-refractivity contribution in [3.8, 4) is 6.07 Å². The normalized spacial score (nSPS) is 11.2. The zero-order valence-corrected chi connectivity index (χ0v) is 10.2. The van der Waals surface area contributed by atoms with Gasteiger partial charge in [0.25, 0.3) is 0 Å². The first-order chi connectivity index (χ1) is 8.25. The van der Waals surface area contributed by atoms with Crippen LogP contribution in [-0.4, -0.2) is 10.9 Å². The third-order valence-corrected chi connectivity index (χ3v) is 2.69. The van der Waals surface area contributed by atoms with Crippen LogP contribution in [0.25, 0.3) is 0 Å². The van der Waals surface area contributed by atoms with E-state index >= 15 is 0 Å². The molecule has 5 nitrogen and oxygen atoms in total. The second-order valence-electron chi connectivity index (χ2n) is 3.58. The molecule has 0 aliphatic heterocycles. The summed E-state index contributed by atoms with van der Waals surface area (Å²) in [6.45, 7) is 3.25. The Labute approximate surface area is 105 Å². The largest absolute Gasteiger partial charge is 0.435 e. The molecule has 0 radical (unpaired) electrons. The molecule has 0 aliphatic carbocycles. The van der Waals surface area contributed by atoms with Gasteiger partial charge < -0.3 is 0 Å². The maximum atomic E-state index is 12.5. The van der Waals surface area contributed by atoms with E-state index in [1.54, 1.807) is 13.8 Å². The summed E-state index contributed by atoms with van der Waals surface area (Å²) in [6.07, 6.45) is -4.69. The Kier molecular flexibility index (Phi) is 4.13. The fourth-order valence-corrected chi connectivity index (χ4v) is 1.64. The number of halogens is 3. The summed E-state index contributed by atoms with van der Waals surface area (Å²) in [7, 11) is 0. The summed E-state index contributed by atoms with van der Waals surface area (Å²) >= 11 is 0.522. The maximum absolute atomic E-state index is 12.5. The van der Waals surface area contributed by atoms with Crippen molar-refractivity contribution < 1.29 is 18.0 Å². The number of thiazole rings is 1.